The van der Waals surface area contributed by atoms with Crippen LogP contribution >= 0.6 is 11.6 Å². The molecule has 1 saturated heterocycles. The number of hydrogen-bond donors (Lipinski definition) is 1. The first-order valence-electron chi connectivity index (χ1n) is 6.26. The zero-order chi connectivity index (χ0) is 11.7. The van der Waals surface area contributed by atoms with Gasteiger partial charge in [-0.15, -0.1) is 0 Å². The van der Waals surface area contributed by atoms with Gasteiger partial charge in [0.2, 0.25) is 0 Å². The van der Waals surface area contributed by atoms with E-state index in [4.69, 9.17) is 16.0 Å². The van der Waals surface area contributed by atoms with Crippen molar-refractivity contribution in [3.05, 3.63) is 35.0 Å². The van der Waals surface area contributed by atoms with E-state index >= 15 is 0 Å². The van der Waals surface area contributed by atoms with Crippen LogP contribution in [0.15, 0.2) is 28.7 Å². The molecule has 3 heteroatoms. The van der Waals surface area contributed by atoms with E-state index in [0.717, 1.165) is 29.7 Å². The largest absolute Gasteiger partial charge is 0.458 e. The highest BCUT2D eigenvalue weighted by Crippen LogP contribution is 2.31. The molecule has 1 aromatic heterocycles. The zero-order valence-corrected chi connectivity index (χ0v) is 10.5. The van der Waals surface area contributed by atoms with E-state index in [-0.39, 0.29) is 0 Å². The van der Waals surface area contributed by atoms with Gasteiger partial charge < -0.3 is 9.73 Å². The minimum atomic E-state index is 0.348. The number of nitrogens with one attached hydrogen (secondary N) is 1. The first-order valence-corrected chi connectivity index (χ1v) is 6.64. The van der Waals surface area contributed by atoms with Gasteiger partial charge in [0.25, 0.3) is 0 Å². The summed E-state index contributed by atoms with van der Waals surface area (Å²) in [6.45, 7) is 1.08. The molecule has 1 aliphatic rings. The molecule has 0 amide bonds. The van der Waals surface area contributed by atoms with Crippen LogP contribution in [0.2, 0.25) is 5.02 Å². The molecule has 1 aromatic carbocycles. The molecular formula is C14H16ClNO. The average molecular weight is 250 g/mol. The fraction of sp³-hybridized carbons (Fsp3) is 0.429. The maximum Gasteiger partial charge on any atom is 0.152 e. The first-order chi connectivity index (χ1) is 8.34. The molecule has 2 aromatic rings. The van der Waals surface area contributed by atoms with Gasteiger partial charge in [0.05, 0.1) is 11.1 Å². The normalized spacial score (nSPS) is 21.6. The number of benzene rings is 1. The monoisotopic (exact) mass is 249 g/mol. The van der Waals surface area contributed by atoms with Gasteiger partial charge in [-0.2, -0.15) is 0 Å². The second-order valence-corrected chi connectivity index (χ2v) is 5.07. The molecule has 1 atom stereocenters. The van der Waals surface area contributed by atoms with Gasteiger partial charge in [-0.25, -0.2) is 0 Å². The SMILES string of the molecule is Clc1cccc2cc(C3CCCCCN3)oc12. The highest BCUT2D eigenvalue weighted by molar-refractivity contribution is 6.34. The van der Waals surface area contributed by atoms with Crippen molar-refractivity contribution in [1.82, 2.24) is 5.32 Å². The number of furan rings is 1. The molecule has 1 N–H and O–H groups in total. The Hall–Kier alpha value is -0.990. The van der Waals surface area contributed by atoms with Crippen LogP contribution in [0, 0.1) is 0 Å². The summed E-state index contributed by atoms with van der Waals surface area (Å²) in [4.78, 5) is 0. The Labute approximate surface area is 106 Å². The van der Waals surface area contributed by atoms with Crippen molar-refractivity contribution in [2.75, 3.05) is 6.54 Å². The molecule has 2 nitrogen and oxygen atoms in total. The summed E-state index contributed by atoms with van der Waals surface area (Å²) in [6.07, 6.45) is 4.99. The fourth-order valence-corrected chi connectivity index (χ4v) is 2.71. The Morgan fingerprint density at radius 2 is 2.18 bits per heavy atom. The maximum absolute atomic E-state index is 6.13. The maximum atomic E-state index is 6.13. The smallest absolute Gasteiger partial charge is 0.152 e. The molecule has 0 spiro atoms. The third-order valence-corrected chi connectivity index (χ3v) is 3.72. The summed E-state index contributed by atoms with van der Waals surface area (Å²) in [5.41, 5.74) is 0.815. The van der Waals surface area contributed by atoms with Gasteiger partial charge in [-0.3, -0.25) is 0 Å². The van der Waals surface area contributed by atoms with Crippen molar-refractivity contribution in [2.45, 2.75) is 31.7 Å². The standard InChI is InChI=1S/C14H16ClNO/c15-11-6-4-5-10-9-13(17-14(10)11)12-7-2-1-3-8-16-12/h4-6,9,12,16H,1-3,7-8H2. The molecular weight excluding hydrogens is 234 g/mol. The number of rotatable bonds is 1. The third-order valence-electron chi connectivity index (χ3n) is 3.42. The van der Waals surface area contributed by atoms with Crippen LogP contribution in [-0.4, -0.2) is 6.54 Å². The van der Waals surface area contributed by atoms with E-state index in [0.29, 0.717) is 11.1 Å². The van der Waals surface area contributed by atoms with Gasteiger partial charge in [-0.05, 0) is 31.5 Å². The molecule has 3 rings (SSSR count). The lowest BCUT2D eigenvalue weighted by molar-refractivity contribution is 0.426. The summed E-state index contributed by atoms with van der Waals surface area (Å²) < 4.78 is 5.90. The van der Waals surface area contributed by atoms with Crippen molar-refractivity contribution >= 4 is 22.6 Å². The number of hydrogen-bond acceptors (Lipinski definition) is 2. The highest BCUT2D eigenvalue weighted by Gasteiger charge is 2.18. The lowest BCUT2D eigenvalue weighted by Crippen LogP contribution is -2.19. The molecule has 0 aliphatic carbocycles. The van der Waals surface area contributed by atoms with Crippen molar-refractivity contribution in [2.24, 2.45) is 0 Å². The number of para-hydroxylation sites is 1. The van der Waals surface area contributed by atoms with Gasteiger partial charge in [0.1, 0.15) is 5.76 Å². The molecule has 90 valence electrons. The van der Waals surface area contributed by atoms with Crippen LogP contribution in [0.3, 0.4) is 0 Å². The second-order valence-electron chi connectivity index (χ2n) is 4.66. The highest BCUT2D eigenvalue weighted by atomic mass is 35.5. The van der Waals surface area contributed by atoms with E-state index in [1.807, 2.05) is 18.2 Å². The Kier molecular flexibility index (Phi) is 3.08. The molecule has 1 fully saturated rings. The number of halogens is 1. The Morgan fingerprint density at radius 1 is 1.24 bits per heavy atom. The molecule has 0 bridgehead atoms. The molecule has 0 radical (unpaired) electrons. The van der Waals surface area contributed by atoms with Crippen molar-refractivity contribution < 1.29 is 4.42 Å². The Morgan fingerprint density at radius 3 is 3.06 bits per heavy atom. The van der Waals surface area contributed by atoms with Crippen molar-refractivity contribution in [1.29, 1.82) is 0 Å². The summed E-state index contributed by atoms with van der Waals surface area (Å²) in [5.74, 6) is 1.02. The van der Waals surface area contributed by atoms with Gasteiger partial charge in [0.15, 0.2) is 5.58 Å². The minimum Gasteiger partial charge on any atom is -0.458 e. The van der Waals surface area contributed by atoms with Crippen LogP contribution in [0.4, 0.5) is 0 Å². The van der Waals surface area contributed by atoms with E-state index in [1.54, 1.807) is 0 Å². The first kappa shape index (κ1) is 11.1. The Bertz CT molecular complexity index is 512. The molecule has 17 heavy (non-hydrogen) atoms. The Balaban J connectivity index is 1.96. The summed E-state index contributed by atoms with van der Waals surface area (Å²) in [7, 11) is 0. The summed E-state index contributed by atoms with van der Waals surface area (Å²) in [5, 5.41) is 5.33. The third kappa shape index (κ3) is 2.20. The molecule has 2 heterocycles. The van der Waals surface area contributed by atoms with Crippen LogP contribution < -0.4 is 5.32 Å². The van der Waals surface area contributed by atoms with E-state index in [2.05, 4.69) is 11.4 Å². The predicted octanol–water partition coefficient (Wildman–Crippen LogP) is 4.29. The van der Waals surface area contributed by atoms with Crippen molar-refractivity contribution in [3.63, 3.8) is 0 Å². The van der Waals surface area contributed by atoms with E-state index < -0.39 is 0 Å². The average Bonchev–Trinajstić information content (AvgIpc) is 2.59. The molecule has 1 aliphatic heterocycles. The lowest BCUT2D eigenvalue weighted by atomic mass is 10.1. The predicted molar refractivity (Wildman–Crippen MR) is 70.4 cm³/mol. The van der Waals surface area contributed by atoms with Gasteiger partial charge in [-0.1, -0.05) is 36.6 Å². The van der Waals surface area contributed by atoms with Crippen LogP contribution in [0.1, 0.15) is 37.5 Å². The quantitative estimate of drug-likeness (QED) is 0.816. The summed E-state index contributed by atoms with van der Waals surface area (Å²) in [6, 6.07) is 8.35. The topological polar surface area (TPSA) is 25.2 Å². The van der Waals surface area contributed by atoms with Crippen LogP contribution in [0.25, 0.3) is 11.0 Å². The van der Waals surface area contributed by atoms with Crippen LogP contribution in [-0.2, 0) is 0 Å². The summed E-state index contributed by atoms with van der Waals surface area (Å²) >= 11 is 6.13. The number of fused-ring (bicyclic) bond motifs is 1. The fourth-order valence-electron chi connectivity index (χ4n) is 2.49. The van der Waals surface area contributed by atoms with E-state index in [1.165, 1.54) is 19.3 Å². The van der Waals surface area contributed by atoms with Gasteiger partial charge in [0, 0.05) is 5.39 Å². The van der Waals surface area contributed by atoms with Gasteiger partial charge >= 0.3 is 0 Å². The lowest BCUT2D eigenvalue weighted by Gasteiger charge is -2.11. The second kappa shape index (κ2) is 4.71. The van der Waals surface area contributed by atoms with Crippen LogP contribution in [0.5, 0.6) is 0 Å². The minimum absolute atomic E-state index is 0.348. The zero-order valence-electron chi connectivity index (χ0n) is 9.71. The molecule has 0 saturated carbocycles. The molecule has 1 unspecified atom stereocenters. The van der Waals surface area contributed by atoms with E-state index in [9.17, 15) is 0 Å². The van der Waals surface area contributed by atoms with Crippen molar-refractivity contribution in [3.8, 4) is 0 Å².